The Morgan fingerprint density at radius 1 is 1.18 bits per heavy atom. The molecule has 1 aromatic heterocycles. The highest BCUT2D eigenvalue weighted by molar-refractivity contribution is 5.82. The van der Waals surface area contributed by atoms with E-state index >= 15 is 0 Å². The normalized spacial score (nSPS) is 29.1. The summed E-state index contributed by atoms with van der Waals surface area (Å²) >= 11 is 0. The number of aromatic nitrogens is 2. The van der Waals surface area contributed by atoms with Crippen LogP contribution < -0.4 is 4.74 Å². The van der Waals surface area contributed by atoms with Crippen LogP contribution in [0.3, 0.4) is 0 Å². The zero-order valence-electron chi connectivity index (χ0n) is 20.0. The van der Waals surface area contributed by atoms with Gasteiger partial charge in [-0.15, -0.1) is 0 Å². The van der Waals surface area contributed by atoms with E-state index in [1.807, 2.05) is 63.4 Å². The average molecular weight is 457 g/mol. The van der Waals surface area contributed by atoms with Crippen LogP contribution in [0.1, 0.15) is 40.9 Å². The van der Waals surface area contributed by atoms with Crippen LogP contribution in [-0.2, 0) is 23.0 Å². The number of hydrogen-bond donors (Lipinski definition) is 1. The van der Waals surface area contributed by atoms with Crippen LogP contribution >= 0.6 is 0 Å². The topological polar surface area (TPSA) is 91.4 Å². The van der Waals surface area contributed by atoms with Crippen LogP contribution in [0.2, 0.25) is 0 Å². The molecule has 5 atom stereocenters. The van der Waals surface area contributed by atoms with Crippen LogP contribution in [0, 0.1) is 30.1 Å². The molecule has 5 rings (SSSR count). The molecule has 0 saturated heterocycles. The molecule has 2 aromatic carbocycles. The van der Waals surface area contributed by atoms with Gasteiger partial charge in [-0.1, -0.05) is 49.4 Å². The first-order valence-corrected chi connectivity index (χ1v) is 11.4. The van der Waals surface area contributed by atoms with Gasteiger partial charge in [0.1, 0.15) is 5.69 Å². The second-order valence-corrected chi connectivity index (χ2v) is 9.62. The lowest BCUT2D eigenvalue weighted by molar-refractivity contribution is -0.137. The average Bonchev–Trinajstić information content (AvgIpc) is 3.35. The Hall–Kier alpha value is -3.63. The van der Waals surface area contributed by atoms with Crippen molar-refractivity contribution < 1.29 is 14.6 Å². The van der Waals surface area contributed by atoms with Crippen molar-refractivity contribution in [2.75, 3.05) is 14.1 Å². The highest BCUT2D eigenvalue weighted by atomic mass is 16.5. The molecule has 0 spiro atoms. The van der Waals surface area contributed by atoms with Crippen molar-refractivity contribution in [1.82, 2.24) is 14.7 Å². The summed E-state index contributed by atoms with van der Waals surface area (Å²) in [5.41, 5.74) is 0.525. The minimum Gasteiger partial charge on any atom is -0.474 e. The fraction of sp³-hybridized carbons (Fsp3) is 0.370. The van der Waals surface area contributed by atoms with Gasteiger partial charge in [0.15, 0.2) is 17.0 Å². The molecular weight excluding hydrogens is 428 g/mol. The van der Waals surface area contributed by atoms with Gasteiger partial charge in [-0.25, -0.2) is 0 Å². The van der Waals surface area contributed by atoms with E-state index in [1.165, 1.54) is 0 Å². The molecule has 34 heavy (non-hydrogen) atoms. The first-order chi connectivity index (χ1) is 16.2. The molecule has 2 heterocycles. The van der Waals surface area contributed by atoms with E-state index in [-0.39, 0.29) is 5.91 Å². The summed E-state index contributed by atoms with van der Waals surface area (Å²) in [7, 11) is 5.29. The molecule has 0 bridgehead atoms. The highest BCUT2D eigenvalue weighted by Gasteiger charge is 2.77. The van der Waals surface area contributed by atoms with Gasteiger partial charge in [0.2, 0.25) is 5.91 Å². The van der Waals surface area contributed by atoms with E-state index in [0.29, 0.717) is 22.6 Å². The van der Waals surface area contributed by atoms with E-state index in [9.17, 15) is 15.2 Å². The third kappa shape index (κ3) is 2.60. The number of aryl methyl sites for hydroxylation is 1. The van der Waals surface area contributed by atoms with Crippen LogP contribution in [0.5, 0.6) is 5.75 Å². The molecule has 3 aromatic rings. The molecule has 0 unspecified atom stereocenters. The number of carbonyl (C=O) groups is 1. The SMILES string of the molecule is Cc1c2c(nn1C)[C@]1(O)[C@H](C)[C@H](C(=O)N(C)C)[C@@H](c3ccccc3)[C@]1(c1ccc(C#N)cc1)O2. The molecule has 1 fully saturated rings. The van der Waals surface area contributed by atoms with Crippen molar-refractivity contribution >= 4 is 5.91 Å². The minimum atomic E-state index is -1.57. The summed E-state index contributed by atoms with van der Waals surface area (Å²) in [4.78, 5) is 15.2. The summed E-state index contributed by atoms with van der Waals surface area (Å²) in [6, 6.07) is 19.0. The number of amides is 1. The number of nitrogens with zero attached hydrogens (tertiary/aromatic N) is 4. The predicted molar refractivity (Wildman–Crippen MR) is 126 cm³/mol. The standard InChI is InChI=1S/C27H28N4O3/c1-16-21(25(32)30(3)4)22(19-9-7-6-8-10-19)27(20-13-11-18(15-28)12-14-20)26(16,33)24-23(34-27)17(2)31(5)29-24/h6-14,16,21-22,33H,1-5H3/t16-,21+,22-,26-,27+/m1/s1. The van der Waals surface area contributed by atoms with Gasteiger partial charge in [-0.05, 0) is 30.2 Å². The first kappa shape index (κ1) is 22.2. The third-order valence-electron chi connectivity index (χ3n) is 7.79. The van der Waals surface area contributed by atoms with Crippen LogP contribution in [0.25, 0.3) is 0 Å². The Kier molecular flexibility index (Phi) is 4.85. The highest BCUT2D eigenvalue weighted by Crippen LogP contribution is 2.70. The predicted octanol–water partition coefficient (Wildman–Crippen LogP) is 3.21. The minimum absolute atomic E-state index is 0.0741. The van der Waals surface area contributed by atoms with Crippen molar-refractivity contribution in [1.29, 1.82) is 5.26 Å². The summed E-state index contributed by atoms with van der Waals surface area (Å²) in [5.74, 6) is -1.07. The zero-order chi connectivity index (χ0) is 24.4. The Morgan fingerprint density at radius 3 is 2.41 bits per heavy atom. The monoisotopic (exact) mass is 456 g/mol. The van der Waals surface area contributed by atoms with E-state index in [0.717, 1.165) is 11.3 Å². The lowest BCUT2D eigenvalue weighted by Crippen LogP contribution is -2.50. The van der Waals surface area contributed by atoms with Crippen molar-refractivity contribution in [2.24, 2.45) is 18.9 Å². The Labute approximate surface area is 199 Å². The molecular formula is C27H28N4O3. The summed E-state index contributed by atoms with van der Waals surface area (Å²) in [6.07, 6.45) is 0. The van der Waals surface area contributed by atoms with Gasteiger partial charge >= 0.3 is 0 Å². The van der Waals surface area contributed by atoms with Crippen molar-refractivity contribution in [3.8, 4) is 11.8 Å². The molecule has 1 saturated carbocycles. The van der Waals surface area contributed by atoms with Crippen LogP contribution in [0.15, 0.2) is 54.6 Å². The van der Waals surface area contributed by atoms with E-state index < -0.39 is 29.0 Å². The zero-order valence-corrected chi connectivity index (χ0v) is 20.0. The lowest BCUT2D eigenvalue weighted by Gasteiger charge is -2.41. The molecule has 1 amide bonds. The van der Waals surface area contributed by atoms with Crippen molar-refractivity contribution in [2.45, 2.75) is 31.0 Å². The Balaban J connectivity index is 1.87. The first-order valence-electron chi connectivity index (χ1n) is 11.4. The quantitative estimate of drug-likeness (QED) is 0.654. The number of benzene rings is 2. The van der Waals surface area contributed by atoms with Crippen molar-refractivity contribution in [3.05, 3.63) is 82.7 Å². The van der Waals surface area contributed by atoms with Crippen LogP contribution in [-0.4, -0.2) is 39.8 Å². The molecule has 1 N–H and O–H groups in total. The number of hydrogen-bond acceptors (Lipinski definition) is 5. The van der Waals surface area contributed by atoms with Crippen LogP contribution in [0.4, 0.5) is 0 Å². The number of rotatable bonds is 3. The smallest absolute Gasteiger partial charge is 0.226 e. The van der Waals surface area contributed by atoms with Gasteiger partial charge in [0.25, 0.3) is 0 Å². The van der Waals surface area contributed by atoms with Gasteiger partial charge in [-0.2, -0.15) is 10.4 Å². The molecule has 0 radical (unpaired) electrons. The number of aliphatic hydroxyl groups is 1. The lowest BCUT2D eigenvalue weighted by atomic mass is 9.71. The second kappa shape index (κ2) is 7.44. The molecule has 1 aliphatic carbocycles. The maximum Gasteiger partial charge on any atom is 0.226 e. The second-order valence-electron chi connectivity index (χ2n) is 9.62. The molecule has 174 valence electrons. The van der Waals surface area contributed by atoms with E-state index in [4.69, 9.17) is 9.84 Å². The Morgan fingerprint density at radius 2 is 1.82 bits per heavy atom. The third-order valence-corrected chi connectivity index (χ3v) is 7.79. The number of carbonyl (C=O) groups excluding carboxylic acids is 1. The van der Waals surface area contributed by atoms with Gasteiger partial charge < -0.3 is 14.7 Å². The van der Waals surface area contributed by atoms with Crippen molar-refractivity contribution in [3.63, 3.8) is 0 Å². The maximum atomic E-state index is 13.7. The molecule has 7 nitrogen and oxygen atoms in total. The largest absolute Gasteiger partial charge is 0.474 e. The molecule has 7 heteroatoms. The molecule has 2 aliphatic rings. The number of nitriles is 1. The van der Waals surface area contributed by atoms with Gasteiger partial charge in [0, 0.05) is 33.0 Å². The fourth-order valence-corrected chi connectivity index (χ4v) is 6.04. The van der Waals surface area contributed by atoms with E-state index in [1.54, 1.807) is 35.8 Å². The number of fused-ring (bicyclic) bond motifs is 3. The van der Waals surface area contributed by atoms with E-state index in [2.05, 4.69) is 6.07 Å². The summed E-state index contributed by atoms with van der Waals surface area (Å²) in [5, 5.41) is 26.8. The summed E-state index contributed by atoms with van der Waals surface area (Å²) < 4.78 is 8.55. The Bertz CT molecular complexity index is 1310. The number of ether oxygens (including phenoxy) is 1. The molecule has 1 aliphatic heterocycles. The maximum absolute atomic E-state index is 13.7. The van der Waals surface area contributed by atoms with Gasteiger partial charge in [0.05, 0.1) is 23.2 Å². The summed E-state index contributed by atoms with van der Waals surface area (Å²) in [6.45, 7) is 3.82. The fourth-order valence-electron chi connectivity index (χ4n) is 6.04. The van der Waals surface area contributed by atoms with Gasteiger partial charge in [-0.3, -0.25) is 9.48 Å².